The van der Waals surface area contributed by atoms with Crippen molar-refractivity contribution in [3.8, 4) is 5.88 Å². The molecule has 1 atom stereocenters. The lowest BCUT2D eigenvalue weighted by Gasteiger charge is -2.34. The number of fused-ring (bicyclic) bond motifs is 2. The Labute approximate surface area is 252 Å². The van der Waals surface area contributed by atoms with Crippen molar-refractivity contribution in [1.82, 2.24) is 29.3 Å². The van der Waals surface area contributed by atoms with Gasteiger partial charge in [-0.05, 0) is 93.5 Å². The predicted octanol–water partition coefficient (Wildman–Crippen LogP) is 5.03. The third kappa shape index (κ3) is 4.92. The van der Waals surface area contributed by atoms with E-state index >= 15 is 0 Å². The van der Waals surface area contributed by atoms with Crippen LogP contribution < -0.4 is 4.74 Å². The largest absolute Gasteiger partial charge is 0.469 e. The zero-order valence-corrected chi connectivity index (χ0v) is 26.6. The van der Waals surface area contributed by atoms with Crippen LogP contribution in [0, 0.1) is 26.2 Å². The first-order valence-electron chi connectivity index (χ1n) is 14.7. The number of carbonyl (C=O) groups is 1. The van der Waals surface area contributed by atoms with E-state index in [1.165, 1.54) is 4.31 Å². The van der Waals surface area contributed by atoms with E-state index < -0.39 is 27.0 Å². The normalized spacial score (nSPS) is 18.2. The molecule has 0 N–H and O–H groups in total. The van der Waals surface area contributed by atoms with Crippen LogP contribution in [0.2, 0.25) is 0 Å². The first kappa shape index (κ1) is 29.4. The number of benzene rings is 1. The van der Waals surface area contributed by atoms with E-state index in [1.807, 2.05) is 64.4 Å². The van der Waals surface area contributed by atoms with Crippen LogP contribution in [0.15, 0.2) is 41.6 Å². The molecule has 1 aliphatic carbocycles. The van der Waals surface area contributed by atoms with Crippen molar-refractivity contribution in [2.75, 3.05) is 6.54 Å². The number of Topliss-reactive ketones (excluding diaryl/α,β-unsaturated/α-hetero) is 1. The number of nitrogens with zero attached hydrogens (tertiary/aromatic N) is 6. The highest BCUT2D eigenvalue weighted by atomic mass is 32.2. The number of hydrogen-bond donors (Lipinski definition) is 0. The number of hydrogen-bond acceptors (Lipinski definition) is 8. The van der Waals surface area contributed by atoms with Crippen molar-refractivity contribution in [2.45, 2.75) is 90.8 Å². The molecule has 4 heterocycles. The van der Waals surface area contributed by atoms with Crippen LogP contribution in [0.3, 0.4) is 0 Å². The van der Waals surface area contributed by atoms with Gasteiger partial charge in [0.05, 0.1) is 12.1 Å². The molecule has 0 amide bonds. The molecule has 1 aliphatic heterocycles. The zero-order chi connectivity index (χ0) is 30.9. The quantitative estimate of drug-likeness (QED) is 0.289. The second-order valence-electron chi connectivity index (χ2n) is 12.7. The van der Waals surface area contributed by atoms with Crippen molar-refractivity contribution in [2.24, 2.45) is 5.41 Å². The van der Waals surface area contributed by atoms with E-state index in [9.17, 15) is 13.2 Å². The molecule has 6 rings (SSSR count). The molecule has 226 valence electrons. The summed E-state index contributed by atoms with van der Waals surface area (Å²) in [7, 11) is -3.89. The molecule has 10 nitrogen and oxygen atoms in total. The van der Waals surface area contributed by atoms with Gasteiger partial charge in [0.15, 0.2) is 0 Å². The molecule has 1 spiro atoms. The van der Waals surface area contributed by atoms with Gasteiger partial charge in [-0.25, -0.2) is 18.1 Å². The average molecular weight is 603 g/mol. The number of ketones is 1. The predicted molar refractivity (Wildman–Crippen MR) is 162 cm³/mol. The molecule has 0 bridgehead atoms. The highest BCUT2D eigenvalue weighted by Crippen LogP contribution is 2.47. The van der Waals surface area contributed by atoms with E-state index in [2.05, 4.69) is 15.3 Å². The van der Waals surface area contributed by atoms with Crippen LogP contribution in [-0.4, -0.2) is 55.6 Å². The minimum atomic E-state index is -3.89. The molecule has 3 aromatic heterocycles. The van der Waals surface area contributed by atoms with E-state index in [0.717, 1.165) is 51.7 Å². The lowest BCUT2D eigenvalue weighted by molar-refractivity contribution is -0.125. The summed E-state index contributed by atoms with van der Waals surface area (Å²) in [6.07, 6.45) is 4.96. The molecular formula is C32H38N6O4S. The van der Waals surface area contributed by atoms with Gasteiger partial charge in [0.2, 0.25) is 15.9 Å². The van der Waals surface area contributed by atoms with Gasteiger partial charge in [0.1, 0.15) is 21.8 Å². The fraction of sp³-hybridized carbons (Fsp3) is 0.469. The standard InChI is InChI=1S/C32H38N6O4S/c1-8-38-26-10-9-24(21(4)29(26)35-36-38)28(31(6,7)22(5)39)25-14-23(20(3)16-33-25)17-37-18-32(11-12-32)42-30-27(43(37,40)41)13-19(2)15-34-30/h9-10,13-16,28H,8,11-12,17-18H2,1-7H3/t28-/m1/s1. The van der Waals surface area contributed by atoms with Gasteiger partial charge >= 0.3 is 0 Å². The summed E-state index contributed by atoms with van der Waals surface area (Å²) >= 11 is 0. The molecule has 1 aromatic carbocycles. The van der Waals surface area contributed by atoms with Crippen LogP contribution in [-0.2, 0) is 27.9 Å². The molecule has 2 aliphatic rings. The number of carbonyl (C=O) groups excluding carboxylic acids is 1. The van der Waals surface area contributed by atoms with Gasteiger partial charge in [-0.2, -0.15) is 4.31 Å². The smallest absolute Gasteiger partial charge is 0.248 e. The Morgan fingerprint density at radius 2 is 1.86 bits per heavy atom. The first-order chi connectivity index (χ1) is 20.3. The fourth-order valence-corrected chi connectivity index (χ4v) is 7.71. The van der Waals surface area contributed by atoms with Crippen LogP contribution in [0.25, 0.3) is 11.0 Å². The van der Waals surface area contributed by atoms with Crippen molar-refractivity contribution in [3.63, 3.8) is 0 Å². The Kier molecular flexibility index (Phi) is 6.96. The molecule has 1 fully saturated rings. The molecule has 4 aromatic rings. The maximum Gasteiger partial charge on any atom is 0.248 e. The Bertz CT molecular complexity index is 1880. The van der Waals surface area contributed by atoms with E-state index in [4.69, 9.17) is 9.72 Å². The Balaban J connectivity index is 1.45. The zero-order valence-electron chi connectivity index (χ0n) is 25.8. The van der Waals surface area contributed by atoms with Crippen molar-refractivity contribution >= 4 is 26.8 Å². The van der Waals surface area contributed by atoms with E-state index in [-0.39, 0.29) is 29.6 Å². The van der Waals surface area contributed by atoms with E-state index in [0.29, 0.717) is 12.2 Å². The SMILES string of the molecule is CCn1nnc2c(C)c([C@H](c3cc(CN4CC5(CC5)Oc5ncc(C)cc5S4(=O)=O)c(C)cn3)C(C)(C)C(C)=O)ccc21. The van der Waals surface area contributed by atoms with Crippen LogP contribution in [0.4, 0.5) is 0 Å². The van der Waals surface area contributed by atoms with Crippen LogP contribution >= 0.6 is 0 Å². The summed E-state index contributed by atoms with van der Waals surface area (Å²) in [6.45, 7) is 14.4. The molecule has 0 radical (unpaired) electrons. The molecule has 11 heteroatoms. The summed E-state index contributed by atoms with van der Waals surface area (Å²) in [5, 5.41) is 8.75. The molecule has 1 saturated carbocycles. The van der Waals surface area contributed by atoms with Gasteiger partial charge in [-0.3, -0.25) is 9.78 Å². The topological polar surface area (TPSA) is 120 Å². The van der Waals surface area contributed by atoms with Crippen LogP contribution in [0.1, 0.15) is 80.0 Å². The van der Waals surface area contributed by atoms with E-state index in [1.54, 1.807) is 25.4 Å². The Morgan fingerprint density at radius 1 is 1.12 bits per heavy atom. The lowest BCUT2D eigenvalue weighted by atomic mass is 9.69. The van der Waals surface area contributed by atoms with Gasteiger partial charge in [0, 0.05) is 42.5 Å². The Morgan fingerprint density at radius 3 is 2.53 bits per heavy atom. The van der Waals surface area contributed by atoms with Gasteiger partial charge < -0.3 is 4.74 Å². The third-order valence-electron chi connectivity index (χ3n) is 9.26. The van der Waals surface area contributed by atoms with Gasteiger partial charge in [-0.15, -0.1) is 5.10 Å². The lowest BCUT2D eigenvalue weighted by Crippen LogP contribution is -2.38. The molecule has 0 unspecified atom stereocenters. The number of aryl methyl sites for hydroxylation is 4. The molecule has 43 heavy (non-hydrogen) atoms. The Hall–Kier alpha value is -3.70. The highest BCUT2D eigenvalue weighted by Gasteiger charge is 2.52. The average Bonchev–Trinajstić information content (AvgIpc) is 3.59. The highest BCUT2D eigenvalue weighted by molar-refractivity contribution is 7.89. The summed E-state index contributed by atoms with van der Waals surface area (Å²) in [6, 6.07) is 7.65. The number of ether oxygens (including phenoxy) is 1. The first-order valence-corrected chi connectivity index (χ1v) is 16.2. The molecular weight excluding hydrogens is 564 g/mol. The number of sulfonamides is 1. The molecule has 0 saturated heterocycles. The number of aromatic nitrogens is 5. The summed E-state index contributed by atoms with van der Waals surface area (Å²) in [4.78, 5) is 22.4. The minimum Gasteiger partial charge on any atom is -0.469 e. The summed E-state index contributed by atoms with van der Waals surface area (Å²) in [5.41, 5.74) is 5.41. The maximum absolute atomic E-state index is 14.0. The second kappa shape index (κ2) is 10.2. The van der Waals surface area contributed by atoms with Crippen LogP contribution in [0.5, 0.6) is 5.88 Å². The minimum absolute atomic E-state index is 0.0283. The third-order valence-corrected chi connectivity index (χ3v) is 11.0. The summed E-state index contributed by atoms with van der Waals surface area (Å²) < 4.78 is 37.6. The monoisotopic (exact) mass is 602 g/mol. The second-order valence-corrected chi connectivity index (χ2v) is 14.6. The number of pyridine rings is 2. The van der Waals surface area contributed by atoms with Gasteiger partial charge in [-0.1, -0.05) is 25.1 Å². The van der Waals surface area contributed by atoms with Crippen molar-refractivity contribution in [3.05, 3.63) is 70.2 Å². The number of rotatable bonds is 7. The van der Waals surface area contributed by atoms with Gasteiger partial charge in [0.25, 0.3) is 0 Å². The van der Waals surface area contributed by atoms with Crippen molar-refractivity contribution < 1.29 is 17.9 Å². The summed E-state index contributed by atoms with van der Waals surface area (Å²) in [5.74, 6) is -0.195. The fourth-order valence-electron chi connectivity index (χ4n) is 6.07. The van der Waals surface area contributed by atoms with Crippen molar-refractivity contribution in [1.29, 1.82) is 0 Å². The maximum atomic E-state index is 14.0.